The molecule has 30 heavy (non-hydrogen) atoms. The minimum Gasteiger partial charge on any atom is -0.484 e. The molecule has 0 fully saturated rings. The summed E-state index contributed by atoms with van der Waals surface area (Å²) >= 11 is 6.44. The number of hydrogen-bond donors (Lipinski definition) is 1. The number of nitrogens with one attached hydrogen (secondary N) is 1. The number of benzene rings is 2. The smallest absolute Gasteiger partial charge is 0.277 e. The third-order valence-corrected chi connectivity index (χ3v) is 4.89. The van der Waals surface area contributed by atoms with Gasteiger partial charge in [0.05, 0.1) is 23.2 Å². The molecule has 1 N–H and O–H groups in total. The van der Waals surface area contributed by atoms with Gasteiger partial charge < -0.3 is 4.74 Å². The largest absolute Gasteiger partial charge is 0.484 e. The number of halogens is 1. The number of amides is 1. The van der Waals surface area contributed by atoms with E-state index in [-0.39, 0.29) is 17.9 Å². The van der Waals surface area contributed by atoms with Crippen molar-refractivity contribution in [3.8, 4) is 11.4 Å². The van der Waals surface area contributed by atoms with Crippen molar-refractivity contribution < 1.29 is 9.53 Å². The van der Waals surface area contributed by atoms with Gasteiger partial charge in [-0.1, -0.05) is 62.7 Å². The van der Waals surface area contributed by atoms with Gasteiger partial charge in [-0.25, -0.2) is 10.1 Å². The van der Waals surface area contributed by atoms with Gasteiger partial charge >= 0.3 is 0 Å². The van der Waals surface area contributed by atoms with Gasteiger partial charge in [0.25, 0.3) is 5.91 Å². The van der Waals surface area contributed by atoms with Crippen molar-refractivity contribution in [2.24, 2.45) is 5.10 Å². The molecule has 6 nitrogen and oxygen atoms in total. The van der Waals surface area contributed by atoms with Gasteiger partial charge in [-0.2, -0.15) is 10.2 Å². The fourth-order valence-electron chi connectivity index (χ4n) is 2.80. The van der Waals surface area contributed by atoms with Crippen LogP contribution in [0.5, 0.6) is 5.75 Å². The standard InChI is InChI=1S/C23H25ClN4O2/c1-16-20(22(24)28(27-16)18-8-6-5-7-9-18)14-25-26-21(29)15-30-19-12-10-17(11-13-19)23(2,3)4/h5-14H,15H2,1-4H3,(H,26,29)/b25-14+. The highest BCUT2D eigenvalue weighted by molar-refractivity contribution is 6.32. The Bertz CT molecular complexity index is 1040. The molecule has 2 aromatic carbocycles. The van der Waals surface area contributed by atoms with Crippen LogP contribution in [-0.4, -0.2) is 28.5 Å². The van der Waals surface area contributed by atoms with Crippen LogP contribution in [0.4, 0.5) is 0 Å². The summed E-state index contributed by atoms with van der Waals surface area (Å²) in [5.74, 6) is 0.264. The quantitative estimate of drug-likeness (QED) is 0.462. The lowest BCUT2D eigenvalue weighted by Crippen LogP contribution is -2.24. The van der Waals surface area contributed by atoms with Crippen LogP contribution in [-0.2, 0) is 10.2 Å². The number of carbonyl (C=O) groups excluding carboxylic acids is 1. The van der Waals surface area contributed by atoms with Gasteiger partial charge in [0.1, 0.15) is 10.9 Å². The fraction of sp³-hybridized carbons (Fsp3) is 0.261. The minimum absolute atomic E-state index is 0.0678. The highest BCUT2D eigenvalue weighted by Crippen LogP contribution is 2.24. The second-order valence-corrected chi connectivity index (χ2v) is 8.25. The van der Waals surface area contributed by atoms with Crippen molar-refractivity contribution in [1.82, 2.24) is 15.2 Å². The molecule has 0 aliphatic heterocycles. The number of ether oxygens (including phenoxy) is 1. The van der Waals surface area contributed by atoms with Crippen LogP contribution in [0.15, 0.2) is 59.7 Å². The van der Waals surface area contributed by atoms with Gasteiger partial charge in [0, 0.05) is 0 Å². The van der Waals surface area contributed by atoms with E-state index in [2.05, 4.69) is 36.4 Å². The Labute approximate surface area is 181 Å². The monoisotopic (exact) mass is 424 g/mol. The topological polar surface area (TPSA) is 68.5 Å². The zero-order valence-corrected chi connectivity index (χ0v) is 18.3. The molecule has 0 aliphatic rings. The number of para-hydroxylation sites is 1. The van der Waals surface area contributed by atoms with Crippen molar-refractivity contribution in [2.45, 2.75) is 33.1 Å². The second-order valence-electron chi connectivity index (χ2n) is 7.89. The van der Waals surface area contributed by atoms with Crippen LogP contribution in [0.1, 0.15) is 37.6 Å². The number of carbonyl (C=O) groups is 1. The first kappa shape index (κ1) is 21.6. The lowest BCUT2D eigenvalue weighted by Gasteiger charge is -2.19. The molecule has 0 spiro atoms. The van der Waals surface area contributed by atoms with Crippen molar-refractivity contribution >= 4 is 23.7 Å². The third kappa shape index (κ3) is 5.27. The molecule has 0 aliphatic carbocycles. The zero-order chi connectivity index (χ0) is 21.7. The lowest BCUT2D eigenvalue weighted by atomic mass is 9.87. The first-order valence-corrected chi connectivity index (χ1v) is 9.99. The van der Waals surface area contributed by atoms with Gasteiger partial charge in [0.15, 0.2) is 6.61 Å². The molecule has 1 aromatic heterocycles. The van der Waals surface area contributed by atoms with Crippen LogP contribution >= 0.6 is 11.6 Å². The molecule has 0 atom stereocenters. The Morgan fingerprint density at radius 3 is 2.47 bits per heavy atom. The van der Waals surface area contributed by atoms with Gasteiger partial charge in [-0.3, -0.25) is 4.79 Å². The van der Waals surface area contributed by atoms with Crippen LogP contribution < -0.4 is 10.2 Å². The van der Waals surface area contributed by atoms with E-state index in [0.717, 1.165) is 5.69 Å². The van der Waals surface area contributed by atoms with Crippen LogP contribution in [0.2, 0.25) is 5.15 Å². The SMILES string of the molecule is Cc1nn(-c2ccccc2)c(Cl)c1/C=N/NC(=O)COc1ccc(C(C)(C)C)cc1. The van der Waals surface area contributed by atoms with Crippen molar-refractivity contribution in [2.75, 3.05) is 6.61 Å². The first-order valence-electron chi connectivity index (χ1n) is 9.61. The molecule has 0 radical (unpaired) electrons. The maximum Gasteiger partial charge on any atom is 0.277 e. The molecule has 0 unspecified atom stereocenters. The second kappa shape index (κ2) is 9.13. The van der Waals surface area contributed by atoms with E-state index in [4.69, 9.17) is 16.3 Å². The van der Waals surface area contributed by atoms with E-state index in [1.54, 1.807) is 4.68 Å². The molecule has 0 saturated carbocycles. The Hall–Kier alpha value is -3.12. The van der Waals surface area contributed by atoms with E-state index in [1.165, 1.54) is 11.8 Å². The summed E-state index contributed by atoms with van der Waals surface area (Å²) in [6.45, 7) is 8.13. The normalized spacial score (nSPS) is 11.6. The summed E-state index contributed by atoms with van der Waals surface area (Å²) in [6.07, 6.45) is 1.49. The summed E-state index contributed by atoms with van der Waals surface area (Å²) < 4.78 is 7.15. The van der Waals surface area contributed by atoms with E-state index < -0.39 is 0 Å². The Kier molecular flexibility index (Phi) is 6.57. The summed E-state index contributed by atoms with van der Waals surface area (Å²) in [4.78, 5) is 12.0. The maximum atomic E-state index is 12.0. The molecule has 1 amide bonds. The number of nitrogens with zero attached hydrogens (tertiary/aromatic N) is 3. The average molecular weight is 425 g/mol. The highest BCUT2D eigenvalue weighted by Gasteiger charge is 2.14. The maximum absolute atomic E-state index is 12.0. The number of hydrazone groups is 1. The molecular weight excluding hydrogens is 400 g/mol. The summed E-state index contributed by atoms with van der Waals surface area (Å²) in [5.41, 5.74) is 5.91. The van der Waals surface area contributed by atoms with Gasteiger partial charge in [-0.15, -0.1) is 0 Å². The van der Waals surface area contributed by atoms with E-state index in [9.17, 15) is 4.79 Å². The van der Waals surface area contributed by atoms with Crippen LogP contribution in [0, 0.1) is 6.92 Å². The van der Waals surface area contributed by atoms with Crippen molar-refractivity contribution in [3.05, 3.63) is 76.6 Å². The molecule has 3 rings (SSSR count). The lowest BCUT2D eigenvalue weighted by molar-refractivity contribution is -0.123. The number of hydrogen-bond acceptors (Lipinski definition) is 4. The Balaban J connectivity index is 1.57. The van der Waals surface area contributed by atoms with Crippen molar-refractivity contribution in [1.29, 1.82) is 0 Å². The molecule has 0 saturated heterocycles. The molecule has 156 valence electrons. The predicted octanol–water partition coefficient (Wildman–Crippen LogP) is 4.66. The Morgan fingerprint density at radius 1 is 1.17 bits per heavy atom. The molecular formula is C23H25ClN4O2. The summed E-state index contributed by atoms with van der Waals surface area (Å²) in [5, 5.41) is 8.84. The minimum atomic E-state index is -0.365. The molecule has 1 heterocycles. The number of aryl methyl sites for hydroxylation is 1. The van der Waals surface area contributed by atoms with E-state index in [1.807, 2.05) is 61.5 Å². The van der Waals surface area contributed by atoms with Crippen LogP contribution in [0.25, 0.3) is 5.69 Å². The van der Waals surface area contributed by atoms with Gasteiger partial charge in [0.2, 0.25) is 0 Å². The van der Waals surface area contributed by atoms with Crippen molar-refractivity contribution in [3.63, 3.8) is 0 Å². The first-order chi connectivity index (χ1) is 14.3. The highest BCUT2D eigenvalue weighted by atomic mass is 35.5. The average Bonchev–Trinajstić information content (AvgIpc) is 3.01. The number of aromatic nitrogens is 2. The van der Waals surface area contributed by atoms with Crippen LogP contribution in [0.3, 0.4) is 0 Å². The van der Waals surface area contributed by atoms with Gasteiger partial charge in [-0.05, 0) is 42.2 Å². The van der Waals surface area contributed by atoms with E-state index >= 15 is 0 Å². The Morgan fingerprint density at radius 2 is 1.83 bits per heavy atom. The molecule has 0 bridgehead atoms. The summed E-state index contributed by atoms with van der Waals surface area (Å²) in [7, 11) is 0. The summed E-state index contributed by atoms with van der Waals surface area (Å²) in [6, 6.07) is 17.3. The third-order valence-electron chi connectivity index (χ3n) is 4.52. The number of rotatable bonds is 6. The van der Waals surface area contributed by atoms with E-state index in [0.29, 0.717) is 22.2 Å². The zero-order valence-electron chi connectivity index (χ0n) is 17.5. The molecule has 3 aromatic rings. The molecule has 7 heteroatoms. The predicted molar refractivity (Wildman–Crippen MR) is 120 cm³/mol. The fourth-order valence-corrected chi connectivity index (χ4v) is 3.12.